The lowest BCUT2D eigenvalue weighted by Crippen LogP contribution is -2.51. The van der Waals surface area contributed by atoms with E-state index in [0.29, 0.717) is 24.5 Å². The summed E-state index contributed by atoms with van der Waals surface area (Å²) in [5, 5.41) is 3.25. The number of piperazine rings is 1. The van der Waals surface area contributed by atoms with Gasteiger partial charge in [-0.2, -0.15) is 4.31 Å². The van der Waals surface area contributed by atoms with Gasteiger partial charge in [-0.3, -0.25) is 0 Å². The third kappa shape index (κ3) is 2.74. The molecule has 0 bridgehead atoms. The molecular weight excluding hydrogens is 248 g/mol. The molecule has 0 amide bonds. The van der Waals surface area contributed by atoms with Crippen molar-refractivity contribution in [2.75, 3.05) is 19.6 Å². The van der Waals surface area contributed by atoms with Gasteiger partial charge in [-0.15, -0.1) is 0 Å². The van der Waals surface area contributed by atoms with Crippen LogP contribution < -0.4 is 5.32 Å². The summed E-state index contributed by atoms with van der Waals surface area (Å²) in [5.74, 6) is 0. The van der Waals surface area contributed by atoms with E-state index in [0.717, 1.165) is 12.0 Å². The van der Waals surface area contributed by atoms with E-state index in [2.05, 4.69) is 5.32 Å². The molecule has 1 aromatic carbocycles. The van der Waals surface area contributed by atoms with Gasteiger partial charge in [-0.25, -0.2) is 8.42 Å². The van der Waals surface area contributed by atoms with Gasteiger partial charge >= 0.3 is 0 Å². The van der Waals surface area contributed by atoms with Crippen molar-refractivity contribution in [2.45, 2.75) is 31.2 Å². The van der Waals surface area contributed by atoms with Gasteiger partial charge in [0, 0.05) is 25.7 Å². The van der Waals surface area contributed by atoms with E-state index in [4.69, 9.17) is 0 Å². The molecule has 100 valence electrons. The molecule has 2 rings (SSSR count). The van der Waals surface area contributed by atoms with Crippen LogP contribution >= 0.6 is 0 Å². The molecule has 1 saturated heterocycles. The van der Waals surface area contributed by atoms with E-state index < -0.39 is 10.0 Å². The molecule has 5 heteroatoms. The molecule has 1 fully saturated rings. The zero-order valence-corrected chi connectivity index (χ0v) is 11.7. The van der Waals surface area contributed by atoms with Crippen molar-refractivity contribution < 1.29 is 8.42 Å². The molecule has 1 heterocycles. The van der Waals surface area contributed by atoms with Crippen LogP contribution in [0.4, 0.5) is 0 Å². The average Bonchev–Trinajstić information content (AvgIpc) is 2.39. The molecule has 4 nitrogen and oxygen atoms in total. The van der Waals surface area contributed by atoms with E-state index in [9.17, 15) is 8.42 Å². The van der Waals surface area contributed by atoms with E-state index in [1.54, 1.807) is 16.4 Å². The number of hydrogen-bond acceptors (Lipinski definition) is 3. The Morgan fingerprint density at radius 2 is 2.22 bits per heavy atom. The zero-order valence-electron chi connectivity index (χ0n) is 10.9. The summed E-state index contributed by atoms with van der Waals surface area (Å²) in [4.78, 5) is 0.413. The second-order valence-corrected chi connectivity index (χ2v) is 6.66. The molecule has 0 unspecified atom stereocenters. The highest BCUT2D eigenvalue weighted by molar-refractivity contribution is 7.89. The first-order valence-corrected chi connectivity index (χ1v) is 7.80. The van der Waals surface area contributed by atoms with Gasteiger partial charge in [-0.1, -0.05) is 19.1 Å². The second kappa shape index (κ2) is 5.38. The lowest BCUT2D eigenvalue weighted by molar-refractivity contribution is 0.310. The summed E-state index contributed by atoms with van der Waals surface area (Å²) in [6.45, 7) is 5.83. The van der Waals surface area contributed by atoms with Crippen molar-refractivity contribution in [3.05, 3.63) is 29.8 Å². The van der Waals surface area contributed by atoms with Crippen molar-refractivity contribution in [1.82, 2.24) is 9.62 Å². The summed E-state index contributed by atoms with van der Waals surface area (Å²) >= 11 is 0. The first-order valence-electron chi connectivity index (χ1n) is 6.36. The molecule has 1 atom stereocenters. The number of rotatable bonds is 3. The molecule has 0 spiro atoms. The highest BCUT2D eigenvalue weighted by atomic mass is 32.2. The van der Waals surface area contributed by atoms with Crippen LogP contribution in [0.5, 0.6) is 0 Å². The summed E-state index contributed by atoms with van der Waals surface area (Å²) in [7, 11) is -3.33. The highest BCUT2D eigenvalue weighted by Crippen LogP contribution is 2.18. The Kier molecular flexibility index (Phi) is 4.04. The van der Waals surface area contributed by atoms with Crippen LogP contribution in [0.1, 0.15) is 19.4 Å². The number of nitrogens with zero attached hydrogens (tertiary/aromatic N) is 1. The second-order valence-electron chi connectivity index (χ2n) is 4.72. The monoisotopic (exact) mass is 268 g/mol. The fraction of sp³-hybridized carbons (Fsp3) is 0.538. The number of sulfonamides is 1. The molecule has 1 aromatic rings. The molecule has 18 heavy (non-hydrogen) atoms. The predicted octanol–water partition coefficient (Wildman–Crippen LogP) is 1.23. The van der Waals surface area contributed by atoms with E-state index in [-0.39, 0.29) is 6.04 Å². The topological polar surface area (TPSA) is 49.4 Å². The Morgan fingerprint density at radius 1 is 1.44 bits per heavy atom. The van der Waals surface area contributed by atoms with Crippen LogP contribution in [0.2, 0.25) is 0 Å². The molecule has 0 aromatic heterocycles. The number of hydrogen-bond donors (Lipinski definition) is 1. The van der Waals surface area contributed by atoms with Gasteiger partial charge in [0.1, 0.15) is 0 Å². The van der Waals surface area contributed by atoms with Gasteiger partial charge in [0.25, 0.3) is 0 Å². The number of nitrogens with one attached hydrogen (secondary N) is 1. The summed E-state index contributed by atoms with van der Waals surface area (Å²) < 4.78 is 26.6. The van der Waals surface area contributed by atoms with Gasteiger partial charge in [0.15, 0.2) is 0 Å². The van der Waals surface area contributed by atoms with Gasteiger partial charge in [-0.05, 0) is 31.0 Å². The lowest BCUT2D eigenvalue weighted by atomic mass is 10.2. The molecule has 0 saturated carbocycles. The Balaban J connectivity index is 2.29. The number of aryl methyl sites for hydroxylation is 1. The van der Waals surface area contributed by atoms with Crippen molar-refractivity contribution in [3.63, 3.8) is 0 Å². The molecule has 0 radical (unpaired) electrons. The Labute approximate surface area is 109 Å². The van der Waals surface area contributed by atoms with Crippen LogP contribution in [0.25, 0.3) is 0 Å². The molecule has 1 aliphatic heterocycles. The zero-order chi connectivity index (χ0) is 13.2. The van der Waals surface area contributed by atoms with Gasteiger partial charge < -0.3 is 5.32 Å². The number of benzene rings is 1. The first kappa shape index (κ1) is 13.5. The first-order chi connectivity index (χ1) is 8.54. The Bertz CT molecular complexity index is 513. The maximum absolute atomic E-state index is 12.5. The quantitative estimate of drug-likeness (QED) is 0.897. The van der Waals surface area contributed by atoms with E-state index >= 15 is 0 Å². The van der Waals surface area contributed by atoms with Crippen LogP contribution in [-0.2, 0) is 16.4 Å². The van der Waals surface area contributed by atoms with Crippen molar-refractivity contribution in [1.29, 1.82) is 0 Å². The van der Waals surface area contributed by atoms with E-state index in [1.807, 2.05) is 26.0 Å². The van der Waals surface area contributed by atoms with E-state index in [1.165, 1.54) is 0 Å². The van der Waals surface area contributed by atoms with Crippen molar-refractivity contribution >= 4 is 10.0 Å². The Hall–Kier alpha value is -0.910. The average molecular weight is 268 g/mol. The van der Waals surface area contributed by atoms with Crippen LogP contribution in [0.3, 0.4) is 0 Å². The largest absolute Gasteiger partial charge is 0.312 e. The van der Waals surface area contributed by atoms with Crippen LogP contribution in [0, 0.1) is 0 Å². The summed E-state index contributed by atoms with van der Waals surface area (Å²) in [5.41, 5.74) is 1.05. The Morgan fingerprint density at radius 3 is 2.89 bits per heavy atom. The fourth-order valence-electron chi connectivity index (χ4n) is 2.19. The summed E-state index contributed by atoms with van der Waals surface area (Å²) in [6, 6.07) is 7.45. The predicted molar refractivity (Wildman–Crippen MR) is 72.0 cm³/mol. The normalized spacial score (nSPS) is 22.0. The maximum atomic E-state index is 12.5. The highest BCUT2D eigenvalue weighted by Gasteiger charge is 2.28. The van der Waals surface area contributed by atoms with Gasteiger partial charge in [0.05, 0.1) is 4.90 Å². The van der Waals surface area contributed by atoms with Crippen LogP contribution in [0.15, 0.2) is 29.2 Å². The minimum Gasteiger partial charge on any atom is -0.312 e. The van der Waals surface area contributed by atoms with Crippen LogP contribution in [-0.4, -0.2) is 38.4 Å². The van der Waals surface area contributed by atoms with Crippen molar-refractivity contribution in [3.8, 4) is 0 Å². The smallest absolute Gasteiger partial charge is 0.243 e. The summed E-state index contributed by atoms with van der Waals surface area (Å²) in [6.07, 6.45) is 0.849. The lowest BCUT2D eigenvalue weighted by Gasteiger charge is -2.31. The van der Waals surface area contributed by atoms with Gasteiger partial charge in [0.2, 0.25) is 10.0 Å². The molecule has 1 aliphatic rings. The molecule has 0 aliphatic carbocycles. The fourth-order valence-corrected chi connectivity index (χ4v) is 3.79. The standard InChI is InChI=1S/C13H20N2O2S/c1-3-12-5-4-6-13(9-12)18(16,17)15-8-7-14-11(2)10-15/h4-6,9,11,14H,3,7-8,10H2,1-2H3/t11-/m0/s1. The third-order valence-corrected chi connectivity index (χ3v) is 5.14. The minimum atomic E-state index is -3.33. The van der Waals surface area contributed by atoms with Crippen molar-refractivity contribution in [2.24, 2.45) is 0 Å². The molecular formula is C13H20N2O2S. The SMILES string of the molecule is CCc1cccc(S(=O)(=O)N2CCN[C@@H](C)C2)c1. The minimum absolute atomic E-state index is 0.211. The maximum Gasteiger partial charge on any atom is 0.243 e. The molecule has 1 N–H and O–H groups in total. The third-order valence-electron chi connectivity index (χ3n) is 3.28.